The quantitative estimate of drug-likeness (QED) is 0.550. The van der Waals surface area contributed by atoms with E-state index >= 15 is 0 Å². The number of aliphatic carboxylic acids is 1. The number of nitro groups is 1. The fourth-order valence-electron chi connectivity index (χ4n) is 2.67. The van der Waals surface area contributed by atoms with Crippen molar-refractivity contribution in [2.75, 3.05) is 26.3 Å². The number of ether oxygens (including phenoxy) is 3. The highest BCUT2D eigenvalue weighted by Crippen LogP contribution is 2.31. The summed E-state index contributed by atoms with van der Waals surface area (Å²) in [6.07, 6.45) is 0.367. The Morgan fingerprint density at radius 1 is 1.32 bits per heavy atom. The Labute approximate surface area is 162 Å². The molecule has 10 heteroatoms. The number of carboxylic acid groups (broad SMARTS) is 1. The molecule has 1 aromatic rings. The van der Waals surface area contributed by atoms with Crippen molar-refractivity contribution in [3.05, 3.63) is 28.3 Å². The van der Waals surface area contributed by atoms with Gasteiger partial charge in [-0.05, 0) is 39.3 Å². The van der Waals surface area contributed by atoms with Crippen LogP contribution in [0.15, 0.2) is 18.2 Å². The van der Waals surface area contributed by atoms with Gasteiger partial charge in [0.1, 0.15) is 11.4 Å². The topological polar surface area (TPSA) is 128 Å². The van der Waals surface area contributed by atoms with E-state index < -0.39 is 23.1 Å². The monoisotopic (exact) mass is 396 g/mol. The number of nitrogens with zero attached hydrogens (tertiary/aromatic N) is 2. The van der Waals surface area contributed by atoms with Gasteiger partial charge in [0, 0.05) is 19.0 Å². The van der Waals surface area contributed by atoms with Gasteiger partial charge in [0.2, 0.25) is 0 Å². The number of rotatable bonds is 7. The van der Waals surface area contributed by atoms with Crippen LogP contribution in [0.2, 0.25) is 0 Å². The van der Waals surface area contributed by atoms with Crippen molar-refractivity contribution in [1.29, 1.82) is 0 Å². The van der Waals surface area contributed by atoms with Crippen molar-refractivity contribution < 1.29 is 33.8 Å². The molecule has 1 amide bonds. The number of carboxylic acids is 1. The molecule has 0 saturated carbocycles. The number of amides is 1. The Balaban J connectivity index is 1.92. The number of hydrogen-bond donors (Lipinski definition) is 1. The highest BCUT2D eigenvalue weighted by Gasteiger charge is 2.30. The lowest BCUT2D eigenvalue weighted by Crippen LogP contribution is -2.35. The molecule has 1 aliphatic heterocycles. The van der Waals surface area contributed by atoms with Gasteiger partial charge in [-0.2, -0.15) is 0 Å². The number of likely N-dealkylation sites (tertiary alicyclic amines) is 1. The van der Waals surface area contributed by atoms with Crippen LogP contribution in [-0.2, 0) is 9.53 Å². The van der Waals surface area contributed by atoms with Crippen LogP contribution in [0.4, 0.5) is 10.5 Å². The molecule has 1 aromatic carbocycles. The average molecular weight is 396 g/mol. The van der Waals surface area contributed by atoms with E-state index in [9.17, 15) is 19.7 Å². The molecular weight excluding hydrogens is 372 g/mol. The highest BCUT2D eigenvalue weighted by atomic mass is 16.6. The molecule has 0 aliphatic carbocycles. The fourth-order valence-corrected chi connectivity index (χ4v) is 2.67. The van der Waals surface area contributed by atoms with Gasteiger partial charge in [0.15, 0.2) is 12.4 Å². The largest absolute Gasteiger partial charge is 0.493 e. The summed E-state index contributed by atoms with van der Waals surface area (Å²) in [5, 5.41) is 19.8. The Morgan fingerprint density at radius 2 is 2.04 bits per heavy atom. The SMILES string of the molecule is CC(C)(C)OC(=O)N1CCC(COc2ccc(OCC(=O)O)c([N+](=O)[O-])c2)C1. The van der Waals surface area contributed by atoms with Crippen LogP contribution in [0.3, 0.4) is 0 Å². The number of carbonyl (C=O) groups is 2. The van der Waals surface area contributed by atoms with Gasteiger partial charge in [0.25, 0.3) is 0 Å². The minimum Gasteiger partial charge on any atom is -0.493 e. The second kappa shape index (κ2) is 8.77. The van der Waals surface area contributed by atoms with Crippen LogP contribution in [0.1, 0.15) is 27.2 Å². The van der Waals surface area contributed by atoms with Crippen molar-refractivity contribution in [3.63, 3.8) is 0 Å². The predicted molar refractivity (Wildman–Crippen MR) is 97.6 cm³/mol. The first kappa shape index (κ1) is 21.3. The molecule has 10 nitrogen and oxygen atoms in total. The maximum absolute atomic E-state index is 12.1. The van der Waals surface area contributed by atoms with Gasteiger partial charge >= 0.3 is 17.7 Å². The van der Waals surface area contributed by atoms with Gasteiger partial charge in [-0.15, -0.1) is 0 Å². The zero-order valence-corrected chi connectivity index (χ0v) is 16.0. The molecule has 1 heterocycles. The highest BCUT2D eigenvalue weighted by molar-refractivity contribution is 5.69. The molecule has 1 fully saturated rings. The summed E-state index contributed by atoms with van der Waals surface area (Å²) in [5.41, 5.74) is -0.935. The third-order valence-corrected chi connectivity index (χ3v) is 3.90. The second-order valence-electron chi connectivity index (χ2n) is 7.46. The zero-order chi connectivity index (χ0) is 20.9. The molecule has 0 aromatic heterocycles. The van der Waals surface area contributed by atoms with Crippen LogP contribution >= 0.6 is 0 Å². The molecule has 0 bridgehead atoms. The molecular formula is C18H24N2O8. The first-order valence-corrected chi connectivity index (χ1v) is 8.79. The van der Waals surface area contributed by atoms with E-state index in [1.165, 1.54) is 18.2 Å². The summed E-state index contributed by atoms with van der Waals surface area (Å²) in [7, 11) is 0. The number of benzene rings is 1. The summed E-state index contributed by atoms with van der Waals surface area (Å²) in [6.45, 7) is 6.06. The number of hydrogen-bond acceptors (Lipinski definition) is 7. The number of nitro benzene ring substituents is 1. The van der Waals surface area contributed by atoms with Crippen molar-refractivity contribution >= 4 is 17.7 Å². The van der Waals surface area contributed by atoms with E-state index in [4.69, 9.17) is 19.3 Å². The third-order valence-electron chi connectivity index (χ3n) is 3.90. The number of carbonyl (C=O) groups excluding carboxylic acids is 1. The lowest BCUT2D eigenvalue weighted by molar-refractivity contribution is -0.385. The molecule has 1 unspecified atom stereocenters. The van der Waals surface area contributed by atoms with E-state index in [2.05, 4.69) is 0 Å². The molecule has 1 aliphatic rings. The third kappa shape index (κ3) is 6.29. The normalized spacial score (nSPS) is 16.5. The first-order valence-electron chi connectivity index (χ1n) is 8.79. The molecule has 1 N–H and O–H groups in total. The summed E-state index contributed by atoms with van der Waals surface area (Å²) in [4.78, 5) is 34.8. The smallest absolute Gasteiger partial charge is 0.410 e. The maximum Gasteiger partial charge on any atom is 0.410 e. The Bertz CT molecular complexity index is 744. The van der Waals surface area contributed by atoms with E-state index in [-0.39, 0.29) is 35.8 Å². The van der Waals surface area contributed by atoms with Crippen molar-refractivity contribution in [2.24, 2.45) is 5.92 Å². The molecule has 0 radical (unpaired) electrons. The predicted octanol–water partition coefficient (Wildman–Crippen LogP) is 2.69. The standard InChI is InChI=1S/C18H24N2O8/c1-18(2,3)28-17(23)19-7-6-12(9-19)10-26-13-4-5-15(27-11-16(21)22)14(8-13)20(24)25/h4-5,8,12H,6-7,9-11H2,1-3H3,(H,21,22). The van der Waals surface area contributed by atoms with Gasteiger partial charge in [-0.1, -0.05) is 0 Å². The molecule has 154 valence electrons. The van der Waals surface area contributed by atoms with E-state index in [1.54, 1.807) is 25.7 Å². The molecule has 0 spiro atoms. The van der Waals surface area contributed by atoms with E-state index in [1.807, 2.05) is 0 Å². The Hall–Kier alpha value is -3.04. The van der Waals surface area contributed by atoms with Crippen molar-refractivity contribution in [1.82, 2.24) is 4.90 Å². The van der Waals surface area contributed by atoms with E-state index in [0.717, 1.165) is 6.42 Å². The lowest BCUT2D eigenvalue weighted by atomic mass is 10.1. The van der Waals surface area contributed by atoms with Crippen molar-refractivity contribution in [2.45, 2.75) is 32.8 Å². The average Bonchev–Trinajstić information content (AvgIpc) is 3.06. The Kier molecular flexibility index (Phi) is 6.66. The Morgan fingerprint density at radius 3 is 2.64 bits per heavy atom. The fraction of sp³-hybridized carbons (Fsp3) is 0.556. The molecule has 28 heavy (non-hydrogen) atoms. The first-order chi connectivity index (χ1) is 13.0. The molecule has 2 rings (SSSR count). The van der Waals surface area contributed by atoms with Gasteiger partial charge in [0.05, 0.1) is 17.6 Å². The minimum atomic E-state index is -1.23. The molecule has 1 saturated heterocycles. The van der Waals surface area contributed by atoms with Gasteiger partial charge in [-0.3, -0.25) is 10.1 Å². The van der Waals surface area contributed by atoms with Crippen LogP contribution in [0.25, 0.3) is 0 Å². The minimum absolute atomic E-state index is 0.0783. The lowest BCUT2D eigenvalue weighted by Gasteiger charge is -2.24. The van der Waals surface area contributed by atoms with Gasteiger partial charge in [-0.25, -0.2) is 9.59 Å². The zero-order valence-electron chi connectivity index (χ0n) is 16.0. The van der Waals surface area contributed by atoms with Crippen LogP contribution in [0.5, 0.6) is 11.5 Å². The molecule has 1 atom stereocenters. The summed E-state index contributed by atoms with van der Waals surface area (Å²) >= 11 is 0. The van der Waals surface area contributed by atoms with Crippen molar-refractivity contribution in [3.8, 4) is 11.5 Å². The van der Waals surface area contributed by atoms with Gasteiger partial charge < -0.3 is 24.2 Å². The van der Waals surface area contributed by atoms with E-state index in [0.29, 0.717) is 13.1 Å². The second-order valence-corrected chi connectivity index (χ2v) is 7.46. The van der Waals surface area contributed by atoms with Crippen LogP contribution < -0.4 is 9.47 Å². The van der Waals surface area contributed by atoms with Crippen LogP contribution in [-0.4, -0.2) is 58.9 Å². The summed E-state index contributed by atoms with van der Waals surface area (Å²) < 4.78 is 15.9. The summed E-state index contributed by atoms with van der Waals surface area (Å²) in [6, 6.07) is 3.97. The maximum atomic E-state index is 12.1. The van der Waals surface area contributed by atoms with Crippen LogP contribution in [0, 0.1) is 16.0 Å². The summed E-state index contributed by atoms with van der Waals surface area (Å²) in [5.74, 6) is -1.03.